The molecular weight excluding hydrogens is 238 g/mol. The number of carbonyl (C=O) groups is 3. The Morgan fingerprint density at radius 2 is 1.78 bits per heavy atom. The van der Waals surface area contributed by atoms with Crippen LogP contribution in [0.3, 0.4) is 0 Å². The summed E-state index contributed by atoms with van der Waals surface area (Å²) in [6.07, 6.45) is -0.147. The third-order valence-corrected chi connectivity index (χ3v) is 2.30. The van der Waals surface area contributed by atoms with E-state index in [0.717, 1.165) is 0 Å². The number of nitrogens with one attached hydrogen (secondary N) is 3. The van der Waals surface area contributed by atoms with Crippen molar-refractivity contribution in [1.29, 1.82) is 0 Å². The molecule has 0 aromatic rings. The van der Waals surface area contributed by atoms with Gasteiger partial charge in [0.15, 0.2) is 0 Å². The van der Waals surface area contributed by atoms with Gasteiger partial charge in [0.2, 0.25) is 5.91 Å². The minimum absolute atomic E-state index is 0.00341. The molecule has 7 heteroatoms. The molecule has 18 heavy (non-hydrogen) atoms. The molecule has 7 nitrogen and oxygen atoms in total. The van der Waals surface area contributed by atoms with E-state index in [1.807, 2.05) is 13.8 Å². The second kappa shape index (κ2) is 8.32. The number of urea groups is 1. The first-order valence-electron chi connectivity index (χ1n) is 5.89. The van der Waals surface area contributed by atoms with Crippen LogP contribution in [0, 0.1) is 5.92 Å². The van der Waals surface area contributed by atoms with E-state index in [9.17, 15) is 14.4 Å². The maximum absolute atomic E-state index is 11.5. The van der Waals surface area contributed by atoms with E-state index >= 15 is 0 Å². The smallest absolute Gasteiger partial charge is 0.315 e. The highest BCUT2D eigenvalue weighted by Gasteiger charge is 2.19. The van der Waals surface area contributed by atoms with Gasteiger partial charge in [-0.2, -0.15) is 0 Å². The Balaban J connectivity index is 4.10. The Bertz CT molecular complexity index is 305. The van der Waals surface area contributed by atoms with E-state index in [2.05, 4.69) is 16.0 Å². The van der Waals surface area contributed by atoms with Crippen LogP contribution in [0.15, 0.2) is 0 Å². The Kier molecular flexibility index (Phi) is 7.50. The molecule has 0 radical (unpaired) electrons. The monoisotopic (exact) mass is 259 g/mol. The molecule has 4 N–H and O–H groups in total. The average molecular weight is 259 g/mol. The second-order valence-corrected chi connectivity index (χ2v) is 4.23. The van der Waals surface area contributed by atoms with Gasteiger partial charge in [0.05, 0.1) is 13.0 Å². The normalized spacial score (nSPS) is 11.8. The number of amides is 3. The van der Waals surface area contributed by atoms with Gasteiger partial charge in [-0.25, -0.2) is 4.79 Å². The lowest BCUT2D eigenvalue weighted by atomic mass is 10.0. The summed E-state index contributed by atoms with van der Waals surface area (Å²) >= 11 is 0. The molecule has 104 valence electrons. The van der Waals surface area contributed by atoms with Crippen molar-refractivity contribution in [2.45, 2.75) is 33.2 Å². The van der Waals surface area contributed by atoms with E-state index in [0.29, 0.717) is 6.54 Å². The first-order valence-corrected chi connectivity index (χ1v) is 5.89. The summed E-state index contributed by atoms with van der Waals surface area (Å²) in [6, 6.07) is -1.00. The summed E-state index contributed by atoms with van der Waals surface area (Å²) < 4.78 is 0. The number of carboxylic acids is 1. The van der Waals surface area contributed by atoms with Crippen molar-refractivity contribution < 1.29 is 19.5 Å². The third kappa shape index (κ3) is 7.48. The number of rotatable bonds is 7. The maximum Gasteiger partial charge on any atom is 0.315 e. The quantitative estimate of drug-likeness (QED) is 0.513. The number of carbonyl (C=O) groups excluding carboxylic acids is 2. The molecule has 0 aliphatic heterocycles. The standard InChI is InChI=1S/C11H21N3O4/c1-4-12-9(15)6-13-11(18)14-8(7(2)3)5-10(16)17/h7-8H,4-6H2,1-3H3,(H,12,15)(H,16,17)(H2,13,14,18). The molecule has 0 aromatic heterocycles. The summed E-state index contributed by atoms with van der Waals surface area (Å²) in [5, 5.41) is 16.1. The molecule has 0 heterocycles. The maximum atomic E-state index is 11.5. The average Bonchev–Trinajstić information content (AvgIpc) is 2.25. The molecule has 0 saturated carbocycles. The van der Waals surface area contributed by atoms with Gasteiger partial charge < -0.3 is 21.1 Å². The van der Waals surface area contributed by atoms with E-state index in [1.165, 1.54) is 0 Å². The summed E-state index contributed by atoms with van der Waals surface area (Å²) in [6.45, 7) is 5.78. The molecule has 0 aromatic carbocycles. The van der Waals surface area contributed by atoms with Crippen LogP contribution >= 0.6 is 0 Å². The molecule has 0 aliphatic rings. The minimum Gasteiger partial charge on any atom is -0.481 e. The first kappa shape index (κ1) is 16.2. The molecule has 0 aliphatic carbocycles. The van der Waals surface area contributed by atoms with Crippen LogP contribution in [0.2, 0.25) is 0 Å². The number of aliphatic carboxylic acids is 1. The van der Waals surface area contributed by atoms with Crippen molar-refractivity contribution in [1.82, 2.24) is 16.0 Å². The molecule has 0 saturated heterocycles. The minimum atomic E-state index is -0.974. The zero-order valence-electron chi connectivity index (χ0n) is 10.9. The largest absolute Gasteiger partial charge is 0.481 e. The lowest BCUT2D eigenvalue weighted by Crippen LogP contribution is -2.48. The topological polar surface area (TPSA) is 108 Å². The van der Waals surface area contributed by atoms with E-state index in [1.54, 1.807) is 6.92 Å². The summed E-state index contributed by atoms with van der Waals surface area (Å²) in [5.41, 5.74) is 0. The Morgan fingerprint density at radius 3 is 2.22 bits per heavy atom. The summed E-state index contributed by atoms with van der Waals surface area (Å²) in [4.78, 5) is 33.2. The fraction of sp³-hybridized carbons (Fsp3) is 0.727. The fourth-order valence-electron chi connectivity index (χ4n) is 1.28. The van der Waals surface area contributed by atoms with Crippen molar-refractivity contribution in [2.24, 2.45) is 5.92 Å². The fourth-order valence-corrected chi connectivity index (χ4v) is 1.28. The SMILES string of the molecule is CCNC(=O)CNC(=O)NC(CC(=O)O)C(C)C. The van der Waals surface area contributed by atoms with Crippen LogP contribution in [-0.2, 0) is 9.59 Å². The Hall–Kier alpha value is -1.79. The van der Waals surface area contributed by atoms with Crippen molar-refractivity contribution in [2.75, 3.05) is 13.1 Å². The van der Waals surface area contributed by atoms with Crippen LogP contribution in [-0.4, -0.2) is 42.1 Å². The molecule has 0 spiro atoms. The second-order valence-electron chi connectivity index (χ2n) is 4.23. The Morgan fingerprint density at radius 1 is 1.17 bits per heavy atom. The van der Waals surface area contributed by atoms with Gasteiger partial charge in [-0.1, -0.05) is 13.8 Å². The van der Waals surface area contributed by atoms with Gasteiger partial charge >= 0.3 is 12.0 Å². The Labute approximate surface area is 106 Å². The molecule has 0 rings (SSSR count). The molecule has 1 unspecified atom stereocenters. The molecule has 3 amide bonds. The van der Waals surface area contributed by atoms with Crippen molar-refractivity contribution in [3.8, 4) is 0 Å². The molecular formula is C11H21N3O4. The first-order chi connectivity index (χ1) is 8.36. The molecule has 0 bridgehead atoms. The molecule has 1 atom stereocenters. The van der Waals surface area contributed by atoms with Crippen LogP contribution in [0.1, 0.15) is 27.2 Å². The van der Waals surface area contributed by atoms with Gasteiger partial charge in [0.25, 0.3) is 0 Å². The van der Waals surface area contributed by atoms with Gasteiger partial charge in [-0.05, 0) is 12.8 Å². The number of hydrogen-bond donors (Lipinski definition) is 4. The third-order valence-electron chi connectivity index (χ3n) is 2.30. The zero-order chi connectivity index (χ0) is 14.1. The lowest BCUT2D eigenvalue weighted by Gasteiger charge is -2.20. The van der Waals surface area contributed by atoms with Crippen molar-refractivity contribution in [3.05, 3.63) is 0 Å². The van der Waals surface area contributed by atoms with Crippen molar-refractivity contribution in [3.63, 3.8) is 0 Å². The van der Waals surface area contributed by atoms with E-state index < -0.39 is 18.0 Å². The van der Waals surface area contributed by atoms with Crippen LogP contribution in [0.25, 0.3) is 0 Å². The van der Waals surface area contributed by atoms with Gasteiger partial charge in [-0.15, -0.1) is 0 Å². The highest BCUT2D eigenvalue weighted by atomic mass is 16.4. The predicted molar refractivity (Wildman–Crippen MR) is 66.1 cm³/mol. The summed E-state index contributed by atoms with van der Waals surface area (Å²) in [7, 11) is 0. The number of carboxylic acid groups (broad SMARTS) is 1. The van der Waals surface area contributed by atoms with Gasteiger partial charge in [0, 0.05) is 12.6 Å². The number of hydrogen-bond acceptors (Lipinski definition) is 3. The van der Waals surface area contributed by atoms with Crippen LogP contribution < -0.4 is 16.0 Å². The van der Waals surface area contributed by atoms with Gasteiger partial charge in [0.1, 0.15) is 0 Å². The van der Waals surface area contributed by atoms with Gasteiger partial charge in [-0.3, -0.25) is 9.59 Å². The highest BCUT2D eigenvalue weighted by Crippen LogP contribution is 2.05. The predicted octanol–water partition coefficient (Wildman–Crippen LogP) is -0.0790. The zero-order valence-corrected chi connectivity index (χ0v) is 10.9. The summed E-state index contributed by atoms with van der Waals surface area (Å²) in [5.74, 6) is -1.26. The van der Waals surface area contributed by atoms with Crippen LogP contribution in [0.5, 0.6) is 0 Å². The number of likely N-dealkylation sites (N-methyl/N-ethyl adjacent to an activating group) is 1. The van der Waals surface area contributed by atoms with Crippen molar-refractivity contribution >= 4 is 17.9 Å². The van der Waals surface area contributed by atoms with E-state index in [4.69, 9.17) is 5.11 Å². The lowest BCUT2D eigenvalue weighted by molar-refractivity contribution is -0.137. The van der Waals surface area contributed by atoms with E-state index in [-0.39, 0.29) is 24.8 Å². The highest BCUT2D eigenvalue weighted by molar-refractivity contribution is 5.84. The molecule has 0 fully saturated rings. The van der Waals surface area contributed by atoms with Crippen LogP contribution in [0.4, 0.5) is 4.79 Å².